The average molecular weight is 402 g/mol. The molecule has 0 saturated carbocycles. The van der Waals surface area contributed by atoms with Crippen molar-refractivity contribution >= 4 is 21.4 Å². The summed E-state index contributed by atoms with van der Waals surface area (Å²) >= 11 is 0. The van der Waals surface area contributed by atoms with Crippen LogP contribution in [0.4, 0.5) is 10.1 Å². The van der Waals surface area contributed by atoms with E-state index < -0.39 is 21.6 Å². The van der Waals surface area contributed by atoms with Crippen LogP contribution in [-0.4, -0.2) is 28.0 Å². The summed E-state index contributed by atoms with van der Waals surface area (Å²) in [5, 5.41) is 2.68. The van der Waals surface area contributed by atoms with Crippen molar-refractivity contribution in [3.63, 3.8) is 0 Å². The van der Waals surface area contributed by atoms with Crippen LogP contribution in [0.15, 0.2) is 58.0 Å². The number of sulfone groups is 1. The second kappa shape index (κ2) is 6.94. The van der Waals surface area contributed by atoms with Crippen molar-refractivity contribution in [2.45, 2.75) is 24.3 Å². The number of allylic oxidation sites excluding steroid dienone is 1. The Morgan fingerprint density at radius 3 is 2.68 bits per heavy atom. The molecule has 6 nitrogen and oxygen atoms in total. The summed E-state index contributed by atoms with van der Waals surface area (Å²) in [6.07, 6.45) is 1.22. The topological polar surface area (TPSA) is 75.7 Å². The maximum Gasteiger partial charge on any atom is 0.265 e. The number of ether oxygens (including phenoxy) is 1. The van der Waals surface area contributed by atoms with Crippen LogP contribution in [-0.2, 0) is 21.2 Å². The molecule has 2 heterocycles. The van der Waals surface area contributed by atoms with Gasteiger partial charge in [-0.15, -0.1) is 0 Å². The molecule has 1 saturated heterocycles. The van der Waals surface area contributed by atoms with E-state index in [1.54, 1.807) is 36.3 Å². The van der Waals surface area contributed by atoms with Crippen molar-refractivity contribution < 1.29 is 22.3 Å². The van der Waals surface area contributed by atoms with Gasteiger partial charge in [-0.2, -0.15) is 0 Å². The molecule has 2 aliphatic rings. The van der Waals surface area contributed by atoms with Gasteiger partial charge in [-0.25, -0.2) is 12.8 Å². The van der Waals surface area contributed by atoms with E-state index in [1.807, 2.05) is 0 Å². The molecule has 0 aliphatic carbocycles. The van der Waals surface area contributed by atoms with Gasteiger partial charge in [0, 0.05) is 18.8 Å². The number of fused-ring (bicyclic) bond motifs is 3. The summed E-state index contributed by atoms with van der Waals surface area (Å²) < 4.78 is 45.0. The molecule has 2 aliphatic heterocycles. The second-order valence-electron chi connectivity index (χ2n) is 6.68. The van der Waals surface area contributed by atoms with Crippen molar-refractivity contribution in [3.05, 3.63) is 64.4 Å². The van der Waals surface area contributed by atoms with Crippen LogP contribution in [0.5, 0.6) is 5.75 Å². The lowest BCUT2D eigenvalue weighted by Crippen LogP contribution is -2.35. The molecule has 1 N–H and O–H groups in total. The summed E-state index contributed by atoms with van der Waals surface area (Å²) in [6.45, 7) is 0.768. The van der Waals surface area contributed by atoms with Gasteiger partial charge < -0.3 is 15.0 Å². The van der Waals surface area contributed by atoms with Crippen molar-refractivity contribution in [2.75, 3.05) is 18.6 Å². The molecular formula is C20H19FN2O4S. The Hall–Kier alpha value is -2.87. The second-order valence-corrected chi connectivity index (χ2v) is 8.53. The zero-order valence-corrected chi connectivity index (χ0v) is 16.1. The van der Waals surface area contributed by atoms with E-state index in [-0.39, 0.29) is 16.3 Å². The summed E-state index contributed by atoms with van der Waals surface area (Å²) in [5.74, 6) is -0.634. The minimum absolute atomic E-state index is 0.159. The zero-order chi connectivity index (χ0) is 19.9. The molecule has 1 amide bonds. The average Bonchev–Trinajstić information content (AvgIpc) is 3.15. The summed E-state index contributed by atoms with van der Waals surface area (Å²) in [5.41, 5.74) is 1.72. The van der Waals surface area contributed by atoms with Gasteiger partial charge in [0.05, 0.1) is 17.7 Å². The number of carbonyl (C=O) groups excluding carboxylic acids is 1. The van der Waals surface area contributed by atoms with Gasteiger partial charge in [-0.05, 0) is 48.7 Å². The molecule has 0 aromatic heterocycles. The Labute approximate surface area is 162 Å². The smallest absolute Gasteiger partial charge is 0.265 e. The quantitative estimate of drug-likeness (QED) is 0.851. The number of amides is 1. The van der Waals surface area contributed by atoms with Crippen molar-refractivity contribution in [3.8, 4) is 5.75 Å². The molecule has 8 heteroatoms. The van der Waals surface area contributed by atoms with Crippen molar-refractivity contribution in [1.82, 2.24) is 5.32 Å². The number of carbonyl (C=O) groups is 1. The predicted molar refractivity (Wildman–Crippen MR) is 102 cm³/mol. The fraction of sp³-hybridized carbons (Fsp3) is 0.250. The Morgan fingerprint density at radius 2 is 1.96 bits per heavy atom. The summed E-state index contributed by atoms with van der Waals surface area (Å²) in [6, 6.07) is 10.8. The molecule has 1 fully saturated rings. The first-order chi connectivity index (χ1) is 13.4. The number of benzene rings is 2. The zero-order valence-electron chi connectivity index (χ0n) is 15.2. The van der Waals surface area contributed by atoms with Gasteiger partial charge in [-0.3, -0.25) is 4.79 Å². The Balaban J connectivity index is 1.66. The number of hydrogen-bond acceptors (Lipinski definition) is 5. The van der Waals surface area contributed by atoms with Gasteiger partial charge >= 0.3 is 0 Å². The van der Waals surface area contributed by atoms with Crippen LogP contribution in [0.1, 0.15) is 18.4 Å². The van der Waals surface area contributed by atoms with E-state index in [2.05, 4.69) is 5.32 Å². The molecule has 0 spiro atoms. The van der Waals surface area contributed by atoms with Crippen molar-refractivity contribution in [1.29, 1.82) is 0 Å². The van der Waals surface area contributed by atoms with Crippen LogP contribution < -0.4 is 15.0 Å². The highest BCUT2D eigenvalue weighted by Gasteiger charge is 2.41. The third kappa shape index (κ3) is 3.03. The van der Waals surface area contributed by atoms with E-state index >= 15 is 0 Å². The number of methoxy groups -OCH3 is 1. The van der Waals surface area contributed by atoms with Gasteiger partial charge in [0.15, 0.2) is 4.91 Å². The highest BCUT2D eigenvalue weighted by atomic mass is 32.2. The van der Waals surface area contributed by atoms with E-state index in [9.17, 15) is 17.6 Å². The van der Waals surface area contributed by atoms with E-state index in [4.69, 9.17) is 4.74 Å². The fourth-order valence-electron chi connectivity index (χ4n) is 3.63. The maximum absolute atomic E-state index is 13.7. The lowest BCUT2D eigenvalue weighted by atomic mass is 10.2. The van der Waals surface area contributed by atoms with E-state index in [0.717, 1.165) is 18.1 Å². The van der Waals surface area contributed by atoms with Crippen LogP contribution in [0.25, 0.3) is 0 Å². The third-order valence-corrected chi connectivity index (χ3v) is 6.84. The predicted octanol–water partition coefficient (Wildman–Crippen LogP) is 2.75. The Bertz CT molecular complexity index is 1080. The first-order valence-electron chi connectivity index (χ1n) is 8.88. The first kappa shape index (κ1) is 18.5. The fourth-order valence-corrected chi connectivity index (χ4v) is 5.41. The number of hydrogen-bond donors (Lipinski definition) is 1. The van der Waals surface area contributed by atoms with Crippen LogP contribution in [0.3, 0.4) is 0 Å². The molecule has 4 rings (SSSR count). The number of halogens is 1. The molecule has 0 bridgehead atoms. The van der Waals surface area contributed by atoms with Crippen LogP contribution >= 0.6 is 0 Å². The number of rotatable bonds is 4. The van der Waals surface area contributed by atoms with Crippen LogP contribution in [0, 0.1) is 5.82 Å². The molecular weight excluding hydrogens is 383 g/mol. The third-order valence-electron chi connectivity index (χ3n) is 4.97. The number of nitrogens with zero attached hydrogens (tertiary/aromatic N) is 1. The standard InChI is InChI=1S/C20H19FN2O4S/c1-27-15-7-4-13(5-8-15)12-22-20(24)19-17-3-2-10-23(17)16-9-6-14(21)11-18(16)28(19,25)26/h4-9,11H,2-3,10,12H2,1H3,(H,22,24). The van der Waals surface area contributed by atoms with Gasteiger partial charge in [0.1, 0.15) is 11.6 Å². The maximum atomic E-state index is 13.7. The monoisotopic (exact) mass is 402 g/mol. The molecule has 146 valence electrons. The van der Waals surface area contributed by atoms with Crippen LogP contribution in [0.2, 0.25) is 0 Å². The first-order valence-corrected chi connectivity index (χ1v) is 10.4. The molecule has 0 unspecified atom stereocenters. The number of anilines is 1. The highest BCUT2D eigenvalue weighted by molar-refractivity contribution is 7.96. The summed E-state index contributed by atoms with van der Waals surface area (Å²) in [7, 11) is -2.55. The molecule has 0 radical (unpaired) electrons. The molecule has 28 heavy (non-hydrogen) atoms. The normalized spacial score (nSPS) is 17.1. The highest BCUT2D eigenvalue weighted by Crippen LogP contribution is 2.43. The molecule has 0 atom stereocenters. The van der Waals surface area contributed by atoms with Crippen molar-refractivity contribution in [2.24, 2.45) is 0 Å². The molecule has 2 aromatic rings. The lowest BCUT2D eigenvalue weighted by molar-refractivity contribution is -0.117. The van der Waals surface area contributed by atoms with Gasteiger partial charge in [-0.1, -0.05) is 12.1 Å². The summed E-state index contributed by atoms with van der Waals surface area (Å²) in [4.78, 5) is 14.2. The van der Waals surface area contributed by atoms with E-state index in [1.165, 1.54) is 12.1 Å². The van der Waals surface area contributed by atoms with E-state index in [0.29, 0.717) is 30.1 Å². The largest absolute Gasteiger partial charge is 0.497 e. The number of nitrogens with one attached hydrogen (secondary N) is 1. The minimum Gasteiger partial charge on any atom is -0.497 e. The van der Waals surface area contributed by atoms with Gasteiger partial charge in [0.25, 0.3) is 5.91 Å². The Kier molecular flexibility index (Phi) is 4.58. The SMILES string of the molecule is COc1ccc(CNC(=O)C2=C3CCCN3c3ccc(F)cc3S2(=O)=O)cc1. The lowest BCUT2D eigenvalue weighted by Gasteiger charge is -2.30. The Morgan fingerprint density at radius 1 is 1.21 bits per heavy atom. The van der Waals surface area contributed by atoms with Gasteiger partial charge in [0.2, 0.25) is 9.84 Å². The molecule has 2 aromatic carbocycles. The minimum atomic E-state index is -4.11.